The van der Waals surface area contributed by atoms with E-state index in [0.29, 0.717) is 0 Å². The fraction of sp³-hybridized carbons (Fsp3) is 0.533. The maximum atomic E-state index is 13.2. The van der Waals surface area contributed by atoms with Crippen molar-refractivity contribution in [3.05, 3.63) is 34.1 Å². The van der Waals surface area contributed by atoms with E-state index in [1.165, 1.54) is 12.1 Å². The fourth-order valence-corrected chi connectivity index (χ4v) is 3.24. The van der Waals surface area contributed by atoms with Crippen molar-refractivity contribution in [3.63, 3.8) is 0 Å². The van der Waals surface area contributed by atoms with Gasteiger partial charge in [-0.2, -0.15) is 5.26 Å². The molecule has 1 aromatic rings. The van der Waals surface area contributed by atoms with Gasteiger partial charge in [0, 0.05) is 29.0 Å². The summed E-state index contributed by atoms with van der Waals surface area (Å²) in [5, 5.41) is 9.36. The molecule has 0 amide bonds. The molecule has 0 spiro atoms. The lowest BCUT2D eigenvalue weighted by Crippen LogP contribution is -2.39. The molecule has 0 aromatic heterocycles. The molecule has 1 aliphatic rings. The number of rotatable bonds is 1. The first-order valence-corrected chi connectivity index (χ1v) is 7.22. The minimum Gasteiger partial charge on any atom is -0.297 e. The Morgan fingerprint density at radius 2 is 2.05 bits per heavy atom. The van der Waals surface area contributed by atoms with Crippen LogP contribution in [-0.2, 0) is 0 Å². The van der Waals surface area contributed by atoms with Crippen LogP contribution in [0.5, 0.6) is 0 Å². The van der Waals surface area contributed by atoms with Gasteiger partial charge in [0.15, 0.2) is 0 Å². The highest BCUT2D eigenvalue weighted by Gasteiger charge is 2.39. The molecule has 0 N–H and O–H groups in total. The molecule has 2 atom stereocenters. The molecule has 0 aliphatic carbocycles. The summed E-state index contributed by atoms with van der Waals surface area (Å²) in [6.45, 7) is 8.08. The number of benzene rings is 1. The Kier molecular flexibility index (Phi) is 3.98. The average Bonchev–Trinajstić information content (AvgIpc) is 2.72. The molecule has 0 radical (unpaired) electrons. The van der Waals surface area contributed by atoms with Crippen LogP contribution in [0.4, 0.5) is 4.39 Å². The molecular weight excluding hydrogens is 307 g/mol. The second-order valence-electron chi connectivity index (χ2n) is 6.08. The Morgan fingerprint density at radius 1 is 1.37 bits per heavy atom. The summed E-state index contributed by atoms with van der Waals surface area (Å²) in [6.07, 6.45) is 0. The molecule has 0 unspecified atom stereocenters. The molecule has 2 rings (SSSR count). The zero-order chi connectivity index (χ0) is 14.2. The van der Waals surface area contributed by atoms with Crippen LogP contribution < -0.4 is 0 Å². The number of likely N-dealkylation sites (tertiary alicyclic amines) is 1. The minimum absolute atomic E-state index is 0.0408. The summed E-state index contributed by atoms with van der Waals surface area (Å²) in [6, 6.07) is 7.13. The summed E-state index contributed by atoms with van der Waals surface area (Å²) in [5.41, 5.74) is 1.08. The summed E-state index contributed by atoms with van der Waals surface area (Å²) >= 11 is 3.42. The third kappa shape index (κ3) is 2.98. The van der Waals surface area contributed by atoms with Gasteiger partial charge in [-0.3, -0.25) is 4.90 Å². The monoisotopic (exact) mass is 324 g/mol. The predicted octanol–water partition coefficient (Wildman–Crippen LogP) is 3.93. The van der Waals surface area contributed by atoms with Gasteiger partial charge in [-0.05, 0) is 38.5 Å². The standard InChI is InChI=1S/C15H18BrFN2/c1-15(2,3)19-8-10(7-18)13(9-19)12-5-4-11(17)6-14(12)16/h4-6,10,13H,8-9H2,1-3H3/t10-,13-/m0/s1. The minimum atomic E-state index is -0.255. The number of nitriles is 1. The summed E-state index contributed by atoms with van der Waals surface area (Å²) in [7, 11) is 0. The lowest BCUT2D eigenvalue weighted by atomic mass is 9.90. The Labute approximate surface area is 122 Å². The molecule has 1 saturated heterocycles. The van der Waals surface area contributed by atoms with Gasteiger partial charge < -0.3 is 0 Å². The van der Waals surface area contributed by atoms with Crippen LogP contribution in [0, 0.1) is 23.1 Å². The van der Waals surface area contributed by atoms with E-state index >= 15 is 0 Å². The van der Waals surface area contributed by atoms with E-state index in [1.54, 1.807) is 6.07 Å². The molecule has 0 saturated carbocycles. The van der Waals surface area contributed by atoms with Gasteiger partial charge in [0.25, 0.3) is 0 Å². The van der Waals surface area contributed by atoms with Crippen molar-refractivity contribution in [1.82, 2.24) is 4.90 Å². The predicted molar refractivity (Wildman–Crippen MR) is 77.3 cm³/mol. The van der Waals surface area contributed by atoms with Crippen molar-refractivity contribution in [2.45, 2.75) is 32.2 Å². The topological polar surface area (TPSA) is 27.0 Å². The molecule has 4 heteroatoms. The second kappa shape index (κ2) is 5.22. The molecule has 0 bridgehead atoms. The van der Waals surface area contributed by atoms with Gasteiger partial charge in [-0.15, -0.1) is 0 Å². The zero-order valence-corrected chi connectivity index (χ0v) is 13.0. The number of hydrogen-bond acceptors (Lipinski definition) is 2. The maximum Gasteiger partial charge on any atom is 0.124 e. The van der Waals surface area contributed by atoms with Crippen molar-refractivity contribution in [2.24, 2.45) is 5.92 Å². The lowest BCUT2D eigenvalue weighted by Gasteiger charge is -2.31. The number of nitrogens with zero attached hydrogens (tertiary/aromatic N) is 2. The van der Waals surface area contributed by atoms with Crippen molar-refractivity contribution in [2.75, 3.05) is 13.1 Å². The van der Waals surface area contributed by atoms with Gasteiger partial charge in [0.2, 0.25) is 0 Å². The molecule has 1 aliphatic heterocycles. The fourth-order valence-electron chi connectivity index (χ4n) is 2.60. The van der Waals surface area contributed by atoms with Crippen LogP contribution in [0.15, 0.2) is 22.7 Å². The molecular formula is C15H18BrFN2. The Balaban J connectivity index is 2.31. The van der Waals surface area contributed by atoms with E-state index in [2.05, 4.69) is 47.7 Å². The molecule has 2 nitrogen and oxygen atoms in total. The first kappa shape index (κ1) is 14.5. The van der Waals surface area contributed by atoms with E-state index in [4.69, 9.17) is 0 Å². The van der Waals surface area contributed by atoms with Gasteiger partial charge >= 0.3 is 0 Å². The van der Waals surface area contributed by atoms with Crippen LogP contribution in [-0.4, -0.2) is 23.5 Å². The Bertz CT molecular complexity index is 516. The largest absolute Gasteiger partial charge is 0.297 e. The number of hydrogen-bond donors (Lipinski definition) is 0. The van der Waals surface area contributed by atoms with E-state index in [1.807, 2.05) is 0 Å². The van der Waals surface area contributed by atoms with Crippen LogP contribution in [0.25, 0.3) is 0 Å². The van der Waals surface area contributed by atoms with Gasteiger partial charge in [0.1, 0.15) is 5.82 Å². The molecule has 1 fully saturated rings. The van der Waals surface area contributed by atoms with Gasteiger partial charge in [-0.1, -0.05) is 22.0 Å². The third-order valence-corrected chi connectivity index (χ3v) is 4.48. The van der Waals surface area contributed by atoms with E-state index in [0.717, 1.165) is 23.1 Å². The Hall–Kier alpha value is -0.920. The molecule has 19 heavy (non-hydrogen) atoms. The van der Waals surface area contributed by atoms with E-state index in [-0.39, 0.29) is 23.2 Å². The molecule has 102 valence electrons. The van der Waals surface area contributed by atoms with Gasteiger partial charge in [0.05, 0.1) is 12.0 Å². The van der Waals surface area contributed by atoms with E-state index in [9.17, 15) is 9.65 Å². The summed E-state index contributed by atoms with van der Waals surface area (Å²) in [5.74, 6) is -0.157. The van der Waals surface area contributed by atoms with Crippen molar-refractivity contribution >= 4 is 15.9 Å². The lowest BCUT2D eigenvalue weighted by molar-refractivity contribution is 0.170. The zero-order valence-electron chi connectivity index (χ0n) is 11.5. The normalized spacial score (nSPS) is 24.4. The summed E-state index contributed by atoms with van der Waals surface area (Å²) < 4.78 is 13.9. The first-order valence-electron chi connectivity index (χ1n) is 6.42. The highest BCUT2D eigenvalue weighted by molar-refractivity contribution is 9.10. The summed E-state index contributed by atoms with van der Waals surface area (Å²) in [4.78, 5) is 2.32. The van der Waals surface area contributed by atoms with Crippen LogP contribution in [0.1, 0.15) is 32.3 Å². The van der Waals surface area contributed by atoms with E-state index < -0.39 is 0 Å². The first-order chi connectivity index (χ1) is 8.82. The Morgan fingerprint density at radius 3 is 2.58 bits per heavy atom. The highest BCUT2D eigenvalue weighted by Crippen LogP contribution is 2.38. The highest BCUT2D eigenvalue weighted by atomic mass is 79.9. The van der Waals surface area contributed by atoms with Crippen molar-refractivity contribution in [3.8, 4) is 6.07 Å². The van der Waals surface area contributed by atoms with Crippen molar-refractivity contribution < 1.29 is 4.39 Å². The average molecular weight is 325 g/mol. The maximum absolute atomic E-state index is 13.2. The quantitative estimate of drug-likeness (QED) is 0.782. The molecule has 1 aromatic carbocycles. The third-order valence-electron chi connectivity index (χ3n) is 3.80. The van der Waals surface area contributed by atoms with Crippen LogP contribution in [0.2, 0.25) is 0 Å². The smallest absolute Gasteiger partial charge is 0.124 e. The van der Waals surface area contributed by atoms with Gasteiger partial charge in [-0.25, -0.2) is 4.39 Å². The molecule has 1 heterocycles. The SMILES string of the molecule is CC(C)(C)N1C[C@H](c2ccc(F)cc2Br)[C@@H](C#N)C1. The van der Waals surface area contributed by atoms with Crippen LogP contribution in [0.3, 0.4) is 0 Å². The van der Waals surface area contributed by atoms with Crippen molar-refractivity contribution in [1.29, 1.82) is 5.26 Å². The number of halogens is 2. The second-order valence-corrected chi connectivity index (χ2v) is 6.94. The van der Waals surface area contributed by atoms with Crippen LogP contribution >= 0.6 is 15.9 Å².